The van der Waals surface area contributed by atoms with Crippen LogP contribution in [-0.2, 0) is 21.3 Å². The van der Waals surface area contributed by atoms with Crippen molar-refractivity contribution in [1.29, 1.82) is 0 Å². The predicted octanol–water partition coefficient (Wildman–Crippen LogP) is 1.86. The molecule has 1 aromatic carbocycles. The van der Waals surface area contributed by atoms with Crippen molar-refractivity contribution in [2.75, 3.05) is 12.4 Å². The molecular formula is C16H21N3O3S. The molecule has 2 heterocycles. The van der Waals surface area contributed by atoms with Crippen LogP contribution in [0, 0.1) is 0 Å². The Bertz CT molecular complexity index is 723. The molecule has 0 unspecified atom stereocenters. The quantitative estimate of drug-likeness (QED) is 0.838. The van der Waals surface area contributed by atoms with Gasteiger partial charge >= 0.3 is 0 Å². The summed E-state index contributed by atoms with van der Waals surface area (Å²) in [5, 5.41) is 4.17. The minimum atomic E-state index is -3.29. The van der Waals surface area contributed by atoms with Crippen molar-refractivity contribution < 1.29 is 13.2 Å². The number of nitrogens with one attached hydrogen (secondary N) is 1. The molecule has 0 spiro atoms. The first-order chi connectivity index (χ1) is 11.1. The number of ether oxygens (including phenoxy) is 1. The van der Waals surface area contributed by atoms with Crippen molar-refractivity contribution in [3.05, 3.63) is 48.3 Å². The summed E-state index contributed by atoms with van der Waals surface area (Å²) in [5.41, 5.74) is 1.81. The zero-order valence-electron chi connectivity index (χ0n) is 12.9. The van der Waals surface area contributed by atoms with E-state index >= 15 is 0 Å². The van der Waals surface area contributed by atoms with Gasteiger partial charge in [-0.1, -0.05) is 12.1 Å². The van der Waals surface area contributed by atoms with Crippen LogP contribution < -0.4 is 4.72 Å². The number of aromatic nitrogens is 2. The average Bonchev–Trinajstić information content (AvgIpc) is 3.25. The molecule has 2 aromatic rings. The van der Waals surface area contributed by atoms with Crippen LogP contribution in [0.15, 0.2) is 42.7 Å². The minimum absolute atomic E-state index is 0.0923. The normalized spacial score (nSPS) is 18.3. The van der Waals surface area contributed by atoms with Crippen molar-refractivity contribution in [3.8, 4) is 5.69 Å². The van der Waals surface area contributed by atoms with Crippen LogP contribution in [0.4, 0.5) is 0 Å². The SMILES string of the molecule is O=S(=O)(CC[C@@H]1CCCO1)NCc1cccc(-n2cccn2)c1. The number of benzene rings is 1. The fourth-order valence-electron chi connectivity index (χ4n) is 2.65. The fourth-order valence-corrected chi connectivity index (χ4v) is 3.76. The van der Waals surface area contributed by atoms with Crippen molar-refractivity contribution in [3.63, 3.8) is 0 Å². The third kappa shape index (κ3) is 4.63. The Morgan fingerprint density at radius 2 is 2.26 bits per heavy atom. The Hall–Kier alpha value is -1.70. The van der Waals surface area contributed by atoms with Crippen molar-refractivity contribution in [2.24, 2.45) is 0 Å². The topological polar surface area (TPSA) is 73.2 Å². The van der Waals surface area contributed by atoms with E-state index in [2.05, 4.69) is 9.82 Å². The summed E-state index contributed by atoms with van der Waals surface area (Å²) in [5.74, 6) is 0.108. The Morgan fingerprint density at radius 1 is 1.35 bits per heavy atom. The molecule has 0 saturated carbocycles. The molecule has 6 nitrogen and oxygen atoms in total. The highest BCUT2D eigenvalue weighted by molar-refractivity contribution is 7.89. The lowest BCUT2D eigenvalue weighted by molar-refractivity contribution is 0.109. The second-order valence-electron chi connectivity index (χ2n) is 5.68. The summed E-state index contributed by atoms with van der Waals surface area (Å²) < 4.78 is 34.1. The second kappa shape index (κ2) is 7.25. The predicted molar refractivity (Wildman–Crippen MR) is 87.8 cm³/mol. The molecule has 23 heavy (non-hydrogen) atoms. The van der Waals surface area contributed by atoms with E-state index in [1.54, 1.807) is 10.9 Å². The Morgan fingerprint density at radius 3 is 3.00 bits per heavy atom. The Balaban J connectivity index is 1.55. The van der Waals surface area contributed by atoms with E-state index in [1.807, 2.05) is 36.5 Å². The summed E-state index contributed by atoms with van der Waals surface area (Å²) in [4.78, 5) is 0. The molecule has 0 bridgehead atoms. The third-order valence-electron chi connectivity index (χ3n) is 3.91. The molecule has 0 amide bonds. The maximum atomic E-state index is 12.1. The summed E-state index contributed by atoms with van der Waals surface area (Å²) in [6, 6.07) is 9.50. The fraction of sp³-hybridized carbons (Fsp3) is 0.438. The van der Waals surface area contributed by atoms with Gasteiger partial charge in [0.25, 0.3) is 0 Å². The standard InChI is InChI=1S/C16H21N3O3S/c20-23(21,11-7-16-6-2-10-22-16)18-13-14-4-1-5-15(12-14)19-9-3-8-17-19/h1,3-5,8-9,12,16,18H,2,6-7,10-11,13H2/t16-/m0/s1. The maximum absolute atomic E-state index is 12.1. The molecule has 1 aliphatic heterocycles. The van der Waals surface area contributed by atoms with E-state index in [0.717, 1.165) is 30.7 Å². The van der Waals surface area contributed by atoms with Crippen LogP contribution in [0.25, 0.3) is 5.69 Å². The molecular weight excluding hydrogens is 314 g/mol. The second-order valence-corrected chi connectivity index (χ2v) is 7.61. The van der Waals surface area contributed by atoms with Gasteiger partial charge in [-0.2, -0.15) is 5.10 Å². The van der Waals surface area contributed by atoms with Crippen LogP contribution >= 0.6 is 0 Å². The van der Waals surface area contributed by atoms with E-state index < -0.39 is 10.0 Å². The molecule has 1 N–H and O–H groups in total. The lowest BCUT2D eigenvalue weighted by atomic mass is 10.2. The van der Waals surface area contributed by atoms with Gasteiger partial charge in [-0.3, -0.25) is 0 Å². The molecule has 1 aliphatic rings. The van der Waals surface area contributed by atoms with E-state index in [1.165, 1.54) is 0 Å². The van der Waals surface area contributed by atoms with Crippen LogP contribution in [0.2, 0.25) is 0 Å². The minimum Gasteiger partial charge on any atom is -0.378 e. The van der Waals surface area contributed by atoms with Gasteiger partial charge in [-0.15, -0.1) is 0 Å². The van der Waals surface area contributed by atoms with Crippen LogP contribution in [0.3, 0.4) is 0 Å². The van der Waals surface area contributed by atoms with Crippen molar-refractivity contribution in [2.45, 2.75) is 31.9 Å². The Labute approximate surface area is 136 Å². The molecule has 0 radical (unpaired) electrons. The van der Waals surface area contributed by atoms with Gasteiger partial charge in [0, 0.05) is 25.5 Å². The molecule has 3 rings (SSSR count). The average molecular weight is 335 g/mol. The van der Waals surface area contributed by atoms with Gasteiger partial charge in [-0.25, -0.2) is 17.8 Å². The lowest BCUT2D eigenvalue weighted by Crippen LogP contribution is -2.27. The summed E-state index contributed by atoms with van der Waals surface area (Å²) in [6.45, 7) is 1.03. The summed E-state index contributed by atoms with van der Waals surface area (Å²) >= 11 is 0. The molecule has 1 aromatic heterocycles. The molecule has 0 aliphatic carbocycles. The van der Waals surface area contributed by atoms with Gasteiger partial charge in [0.15, 0.2) is 0 Å². The zero-order chi connectivity index (χ0) is 16.1. The molecule has 124 valence electrons. The van der Waals surface area contributed by atoms with Crippen LogP contribution in [0.1, 0.15) is 24.8 Å². The number of hydrogen-bond donors (Lipinski definition) is 1. The highest BCUT2D eigenvalue weighted by atomic mass is 32.2. The molecule has 1 atom stereocenters. The highest BCUT2D eigenvalue weighted by Crippen LogP contribution is 2.16. The van der Waals surface area contributed by atoms with E-state index in [0.29, 0.717) is 6.42 Å². The van der Waals surface area contributed by atoms with E-state index in [9.17, 15) is 8.42 Å². The molecule has 1 fully saturated rings. The molecule has 1 saturated heterocycles. The highest BCUT2D eigenvalue weighted by Gasteiger charge is 2.19. The first-order valence-electron chi connectivity index (χ1n) is 7.80. The van der Waals surface area contributed by atoms with Gasteiger partial charge in [0.05, 0.1) is 17.5 Å². The lowest BCUT2D eigenvalue weighted by Gasteiger charge is -2.11. The zero-order valence-corrected chi connectivity index (χ0v) is 13.7. The largest absolute Gasteiger partial charge is 0.378 e. The monoisotopic (exact) mass is 335 g/mol. The van der Waals surface area contributed by atoms with Gasteiger partial charge in [0.2, 0.25) is 10.0 Å². The van der Waals surface area contributed by atoms with E-state index in [-0.39, 0.29) is 18.4 Å². The Kier molecular flexibility index (Phi) is 5.09. The number of rotatable bonds is 7. The number of hydrogen-bond acceptors (Lipinski definition) is 4. The molecule has 7 heteroatoms. The first-order valence-corrected chi connectivity index (χ1v) is 9.45. The summed E-state index contributed by atoms with van der Waals surface area (Å²) in [6.07, 6.45) is 6.20. The van der Waals surface area contributed by atoms with Crippen molar-refractivity contribution in [1.82, 2.24) is 14.5 Å². The smallest absolute Gasteiger partial charge is 0.211 e. The third-order valence-corrected chi connectivity index (χ3v) is 5.27. The summed E-state index contributed by atoms with van der Waals surface area (Å²) in [7, 11) is -3.29. The van der Waals surface area contributed by atoms with Crippen LogP contribution in [-0.4, -0.2) is 36.7 Å². The van der Waals surface area contributed by atoms with Crippen molar-refractivity contribution >= 4 is 10.0 Å². The van der Waals surface area contributed by atoms with Gasteiger partial charge in [0.1, 0.15) is 0 Å². The number of nitrogens with zero attached hydrogens (tertiary/aromatic N) is 2. The number of sulfonamides is 1. The maximum Gasteiger partial charge on any atom is 0.211 e. The van der Waals surface area contributed by atoms with E-state index in [4.69, 9.17) is 4.74 Å². The van der Waals surface area contributed by atoms with Crippen LogP contribution in [0.5, 0.6) is 0 Å². The first kappa shape index (κ1) is 16.2. The van der Waals surface area contributed by atoms with Gasteiger partial charge < -0.3 is 4.74 Å². The van der Waals surface area contributed by atoms with Gasteiger partial charge in [-0.05, 0) is 43.0 Å².